The number of nitrogens with zero attached hydrogens (tertiary/aromatic N) is 1. The number of benzene rings is 4. The van der Waals surface area contributed by atoms with Crippen LogP contribution in [0.1, 0.15) is 27.0 Å². The van der Waals surface area contributed by atoms with E-state index in [1.54, 1.807) is 36.4 Å². The second-order valence-electron chi connectivity index (χ2n) is 8.19. The topological polar surface area (TPSA) is 74.2 Å². The molecule has 5 rings (SSSR count). The van der Waals surface area contributed by atoms with Gasteiger partial charge >= 0.3 is 11.9 Å². The number of methoxy groups -OCH3 is 1. The standard InChI is InChI=1S/C29H20INO5/c1-17-6-5-9-22(12-17)28(32)35-26-23(30)13-18(15-25(26)34-2)14-24-29(33)36-27(31-24)21-11-10-19-7-3-4-8-20(19)16-21/h3-16H,1-2H3/b24-14-. The first kappa shape index (κ1) is 23.7. The summed E-state index contributed by atoms with van der Waals surface area (Å²) in [5, 5.41) is 2.12. The summed E-state index contributed by atoms with van der Waals surface area (Å²) in [6.45, 7) is 1.91. The highest BCUT2D eigenvalue weighted by Crippen LogP contribution is 2.35. The Morgan fingerprint density at radius 1 is 0.972 bits per heavy atom. The quantitative estimate of drug-likeness (QED) is 0.118. The van der Waals surface area contributed by atoms with Crippen LogP contribution in [0.2, 0.25) is 0 Å². The molecule has 0 saturated heterocycles. The molecule has 0 bridgehead atoms. The van der Waals surface area contributed by atoms with Gasteiger partial charge in [-0.25, -0.2) is 14.6 Å². The highest BCUT2D eigenvalue weighted by atomic mass is 127. The van der Waals surface area contributed by atoms with Gasteiger partial charge in [0.25, 0.3) is 0 Å². The Labute approximate surface area is 221 Å². The number of cyclic esters (lactones) is 1. The van der Waals surface area contributed by atoms with Crippen molar-refractivity contribution in [2.24, 2.45) is 4.99 Å². The van der Waals surface area contributed by atoms with E-state index in [2.05, 4.69) is 27.6 Å². The van der Waals surface area contributed by atoms with Crippen molar-refractivity contribution >= 4 is 57.3 Å². The largest absolute Gasteiger partial charge is 0.493 e. The van der Waals surface area contributed by atoms with E-state index < -0.39 is 11.9 Å². The summed E-state index contributed by atoms with van der Waals surface area (Å²) in [4.78, 5) is 29.7. The molecule has 1 aliphatic heterocycles. The Hall–Kier alpha value is -3.98. The van der Waals surface area contributed by atoms with E-state index in [0.29, 0.717) is 26.2 Å². The van der Waals surface area contributed by atoms with Crippen molar-refractivity contribution in [3.63, 3.8) is 0 Å². The molecule has 1 aliphatic rings. The summed E-state index contributed by atoms with van der Waals surface area (Å²) in [5.74, 6) is -0.101. The molecule has 7 heteroatoms. The maximum atomic E-state index is 12.7. The van der Waals surface area contributed by atoms with Gasteiger partial charge < -0.3 is 14.2 Å². The zero-order valence-electron chi connectivity index (χ0n) is 19.4. The number of halogens is 1. The number of rotatable bonds is 5. The van der Waals surface area contributed by atoms with Crippen LogP contribution in [-0.2, 0) is 9.53 Å². The lowest BCUT2D eigenvalue weighted by atomic mass is 10.1. The number of aliphatic imine (C=N–C) groups is 1. The fourth-order valence-electron chi connectivity index (χ4n) is 3.86. The molecule has 0 aliphatic carbocycles. The van der Waals surface area contributed by atoms with Crippen LogP contribution in [-0.4, -0.2) is 24.9 Å². The van der Waals surface area contributed by atoms with Gasteiger partial charge in [0.2, 0.25) is 5.90 Å². The smallest absolute Gasteiger partial charge is 0.363 e. The molecule has 0 N–H and O–H groups in total. The molecule has 0 unspecified atom stereocenters. The molecule has 4 aromatic rings. The van der Waals surface area contributed by atoms with E-state index in [-0.39, 0.29) is 11.6 Å². The van der Waals surface area contributed by atoms with Crippen LogP contribution in [0.15, 0.2) is 89.6 Å². The van der Waals surface area contributed by atoms with Gasteiger partial charge in [-0.15, -0.1) is 0 Å². The van der Waals surface area contributed by atoms with Gasteiger partial charge in [-0.1, -0.05) is 48.0 Å². The van der Waals surface area contributed by atoms with Crippen molar-refractivity contribution < 1.29 is 23.8 Å². The molecule has 36 heavy (non-hydrogen) atoms. The summed E-state index contributed by atoms with van der Waals surface area (Å²) in [5.41, 5.74) is 2.95. The highest BCUT2D eigenvalue weighted by molar-refractivity contribution is 14.1. The van der Waals surface area contributed by atoms with Gasteiger partial charge in [-0.2, -0.15) is 0 Å². The van der Waals surface area contributed by atoms with Crippen molar-refractivity contribution in [1.82, 2.24) is 0 Å². The number of ether oxygens (including phenoxy) is 3. The van der Waals surface area contributed by atoms with Crippen LogP contribution in [0.3, 0.4) is 0 Å². The molecule has 0 radical (unpaired) electrons. The van der Waals surface area contributed by atoms with E-state index in [0.717, 1.165) is 21.9 Å². The first-order chi connectivity index (χ1) is 17.4. The van der Waals surface area contributed by atoms with E-state index in [1.807, 2.05) is 55.5 Å². The van der Waals surface area contributed by atoms with E-state index in [4.69, 9.17) is 14.2 Å². The molecule has 0 atom stereocenters. The van der Waals surface area contributed by atoms with Crippen molar-refractivity contribution in [3.05, 3.63) is 110 Å². The predicted octanol–water partition coefficient (Wildman–Crippen LogP) is 6.33. The molecule has 178 valence electrons. The molecule has 0 saturated carbocycles. The number of carbonyl (C=O) groups is 2. The van der Waals surface area contributed by atoms with Gasteiger partial charge in [0.15, 0.2) is 17.2 Å². The maximum Gasteiger partial charge on any atom is 0.363 e. The molecule has 0 fully saturated rings. The summed E-state index contributed by atoms with van der Waals surface area (Å²) >= 11 is 2.07. The van der Waals surface area contributed by atoms with Gasteiger partial charge in [0.1, 0.15) is 0 Å². The van der Waals surface area contributed by atoms with Crippen LogP contribution in [0.25, 0.3) is 16.8 Å². The number of fused-ring (bicyclic) bond motifs is 1. The monoisotopic (exact) mass is 589 g/mol. The minimum absolute atomic E-state index is 0.167. The second-order valence-corrected chi connectivity index (χ2v) is 9.35. The van der Waals surface area contributed by atoms with Gasteiger partial charge in [0, 0.05) is 5.56 Å². The lowest BCUT2D eigenvalue weighted by Gasteiger charge is -2.12. The summed E-state index contributed by atoms with van der Waals surface area (Å²) in [6.07, 6.45) is 1.62. The lowest BCUT2D eigenvalue weighted by Crippen LogP contribution is -2.10. The average Bonchev–Trinajstić information content (AvgIpc) is 3.24. The Morgan fingerprint density at radius 3 is 2.56 bits per heavy atom. The zero-order valence-corrected chi connectivity index (χ0v) is 21.6. The van der Waals surface area contributed by atoms with E-state index in [1.165, 1.54) is 7.11 Å². The Bertz CT molecular complexity index is 1590. The van der Waals surface area contributed by atoms with Crippen LogP contribution >= 0.6 is 22.6 Å². The maximum absolute atomic E-state index is 12.7. The molecule has 0 spiro atoms. The normalized spacial score (nSPS) is 14.0. The predicted molar refractivity (Wildman–Crippen MR) is 146 cm³/mol. The van der Waals surface area contributed by atoms with Crippen LogP contribution in [0.5, 0.6) is 11.5 Å². The average molecular weight is 589 g/mol. The first-order valence-corrected chi connectivity index (χ1v) is 12.2. The first-order valence-electron chi connectivity index (χ1n) is 11.1. The number of esters is 2. The Morgan fingerprint density at radius 2 is 1.78 bits per heavy atom. The minimum atomic E-state index is -0.540. The minimum Gasteiger partial charge on any atom is -0.493 e. The third kappa shape index (κ3) is 4.87. The van der Waals surface area contributed by atoms with E-state index in [9.17, 15) is 9.59 Å². The van der Waals surface area contributed by atoms with Crippen LogP contribution < -0.4 is 9.47 Å². The highest BCUT2D eigenvalue weighted by Gasteiger charge is 2.25. The van der Waals surface area contributed by atoms with Crippen LogP contribution in [0.4, 0.5) is 0 Å². The third-order valence-electron chi connectivity index (χ3n) is 5.62. The number of hydrogen-bond donors (Lipinski definition) is 0. The van der Waals surface area contributed by atoms with Gasteiger partial charge in [-0.3, -0.25) is 0 Å². The molecule has 0 aromatic heterocycles. The van der Waals surface area contributed by atoms with Crippen molar-refractivity contribution in [3.8, 4) is 11.5 Å². The number of carbonyl (C=O) groups excluding carboxylic acids is 2. The second kappa shape index (κ2) is 9.94. The van der Waals surface area contributed by atoms with Gasteiger partial charge in [-0.05, 0) is 88.3 Å². The molecule has 0 amide bonds. The van der Waals surface area contributed by atoms with E-state index >= 15 is 0 Å². The van der Waals surface area contributed by atoms with Crippen LogP contribution in [0, 0.1) is 10.5 Å². The molecular formula is C29H20INO5. The molecule has 6 nitrogen and oxygen atoms in total. The number of hydrogen-bond acceptors (Lipinski definition) is 6. The van der Waals surface area contributed by atoms with Crippen molar-refractivity contribution in [2.45, 2.75) is 6.92 Å². The fourth-order valence-corrected chi connectivity index (χ4v) is 4.59. The fraction of sp³-hybridized carbons (Fsp3) is 0.0690. The zero-order chi connectivity index (χ0) is 25.2. The van der Waals surface area contributed by atoms with Gasteiger partial charge in [0.05, 0.1) is 16.2 Å². The summed E-state index contributed by atoms with van der Waals surface area (Å²) < 4.78 is 17.2. The van der Waals surface area contributed by atoms with Crippen molar-refractivity contribution in [1.29, 1.82) is 0 Å². The summed E-state index contributed by atoms with van der Waals surface area (Å²) in [6, 6.07) is 24.4. The molecular weight excluding hydrogens is 569 g/mol. The Balaban J connectivity index is 1.44. The Kier molecular flexibility index (Phi) is 6.56. The molecule has 4 aromatic carbocycles. The molecule has 1 heterocycles. The lowest BCUT2D eigenvalue weighted by molar-refractivity contribution is -0.129. The third-order valence-corrected chi connectivity index (χ3v) is 6.42. The number of aryl methyl sites for hydroxylation is 1. The summed E-state index contributed by atoms with van der Waals surface area (Å²) in [7, 11) is 1.49. The van der Waals surface area contributed by atoms with Crippen molar-refractivity contribution in [2.75, 3.05) is 7.11 Å². The SMILES string of the molecule is COc1cc(/C=C2\N=C(c3ccc4ccccc4c3)OC2=O)cc(I)c1OC(=O)c1cccc(C)c1.